The van der Waals surface area contributed by atoms with Crippen LogP contribution in [0.4, 0.5) is 5.13 Å². The zero-order valence-electron chi connectivity index (χ0n) is 17.5. The molecule has 4 rings (SSSR count). The Hall–Kier alpha value is -2.44. The molecule has 1 amide bonds. The van der Waals surface area contributed by atoms with Crippen LogP contribution in [0.15, 0.2) is 64.1 Å². The molecule has 1 N–H and O–H groups in total. The third-order valence-corrected chi connectivity index (χ3v) is 7.60. The van der Waals surface area contributed by atoms with Crippen LogP contribution >= 0.6 is 46.5 Å². The Morgan fingerprint density at radius 1 is 1.06 bits per heavy atom. The lowest BCUT2D eigenvalue weighted by Crippen LogP contribution is -2.14. The van der Waals surface area contributed by atoms with Gasteiger partial charge in [0.1, 0.15) is 6.61 Å². The third-order valence-electron chi connectivity index (χ3n) is 4.28. The van der Waals surface area contributed by atoms with Crippen LogP contribution in [0.1, 0.15) is 11.4 Å². The summed E-state index contributed by atoms with van der Waals surface area (Å²) in [6.07, 6.45) is 0. The van der Waals surface area contributed by atoms with Crippen LogP contribution in [-0.2, 0) is 21.9 Å². The molecule has 33 heavy (non-hydrogen) atoms. The smallest absolute Gasteiger partial charge is 0.236 e. The summed E-state index contributed by atoms with van der Waals surface area (Å²) in [6.45, 7) is 0.314. The number of benzene rings is 2. The van der Waals surface area contributed by atoms with Crippen LogP contribution in [0.2, 0.25) is 5.02 Å². The second-order valence-electron chi connectivity index (χ2n) is 6.59. The van der Waals surface area contributed by atoms with E-state index in [0.29, 0.717) is 28.5 Å². The quantitative estimate of drug-likeness (QED) is 0.233. The molecule has 0 radical (unpaired) electrons. The molecule has 0 fully saturated rings. The van der Waals surface area contributed by atoms with Crippen LogP contribution in [0.5, 0.6) is 0 Å². The first-order valence-electron chi connectivity index (χ1n) is 9.75. The highest BCUT2D eigenvalue weighted by molar-refractivity contribution is 8.00. The van der Waals surface area contributed by atoms with Crippen LogP contribution in [0.3, 0.4) is 0 Å². The molecule has 4 aromatic rings. The lowest BCUT2D eigenvalue weighted by molar-refractivity contribution is -0.113. The fourth-order valence-electron chi connectivity index (χ4n) is 2.81. The predicted octanol–water partition coefficient (Wildman–Crippen LogP) is 4.94. The van der Waals surface area contributed by atoms with Crippen LogP contribution in [0, 0.1) is 0 Å². The number of hydrogen-bond donors (Lipinski definition) is 1. The molecule has 0 bridgehead atoms. The number of para-hydroxylation sites is 1. The lowest BCUT2D eigenvalue weighted by atomic mass is 10.2. The van der Waals surface area contributed by atoms with Crippen molar-refractivity contribution < 1.29 is 9.53 Å². The van der Waals surface area contributed by atoms with Gasteiger partial charge in [-0.25, -0.2) is 0 Å². The van der Waals surface area contributed by atoms with Crippen molar-refractivity contribution in [1.29, 1.82) is 0 Å². The number of ether oxygens (including phenoxy) is 1. The summed E-state index contributed by atoms with van der Waals surface area (Å²) in [4.78, 5) is 12.5. The minimum absolute atomic E-state index is 0.152. The van der Waals surface area contributed by atoms with Crippen LogP contribution < -0.4 is 5.32 Å². The Morgan fingerprint density at radius 3 is 2.64 bits per heavy atom. The van der Waals surface area contributed by atoms with E-state index in [0.717, 1.165) is 20.6 Å². The van der Waals surface area contributed by atoms with Crippen molar-refractivity contribution in [3.8, 4) is 5.69 Å². The van der Waals surface area contributed by atoms with Crippen molar-refractivity contribution in [2.75, 3.05) is 18.2 Å². The molecule has 2 aromatic carbocycles. The van der Waals surface area contributed by atoms with E-state index in [4.69, 9.17) is 16.3 Å². The van der Waals surface area contributed by atoms with Gasteiger partial charge in [-0.05, 0) is 23.8 Å². The van der Waals surface area contributed by atoms with Crippen LogP contribution in [-0.4, -0.2) is 43.7 Å². The molecular weight excluding hydrogens is 500 g/mol. The summed E-state index contributed by atoms with van der Waals surface area (Å²) in [5.41, 5.74) is 1.93. The van der Waals surface area contributed by atoms with Gasteiger partial charge in [-0.2, -0.15) is 0 Å². The van der Waals surface area contributed by atoms with Gasteiger partial charge in [0.15, 0.2) is 15.3 Å². The minimum atomic E-state index is -0.199. The summed E-state index contributed by atoms with van der Waals surface area (Å²) < 4.78 is 7.87. The summed E-state index contributed by atoms with van der Waals surface area (Å²) in [5, 5.41) is 21.2. The number of rotatable bonds is 10. The monoisotopic (exact) mass is 518 g/mol. The van der Waals surface area contributed by atoms with Gasteiger partial charge in [0.05, 0.1) is 5.75 Å². The highest BCUT2D eigenvalue weighted by Gasteiger charge is 2.16. The van der Waals surface area contributed by atoms with E-state index in [1.165, 1.54) is 34.9 Å². The van der Waals surface area contributed by atoms with Gasteiger partial charge in [0.2, 0.25) is 11.0 Å². The highest BCUT2D eigenvalue weighted by atomic mass is 35.5. The number of nitrogens with one attached hydrogen (secondary N) is 1. The molecule has 170 valence electrons. The van der Waals surface area contributed by atoms with E-state index >= 15 is 0 Å². The molecule has 8 nitrogen and oxygen atoms in total. The van der Waals surface area contributed by atoms with Crippen molar-refractivity contribution in [2.45, 2.75) is 21.9 Å². The number of aromatic nitrogens is 5. The van der Waals surface area contributed by atoms with Crippen LogP contribution in [0.25, 0.3) is 5.69 Å². The first-order valence-corrected chi connectivity index (χ1v) is 12.9. The number of carbonyl (C=O) groups is 1. The fraction of sp³-hybridized carbons (Fsp3) is 0.190. The number of amides is 1. The SMILES string of the molecule is COCc1nnc(SCC(=O)Nc2nnc(SCc3ccccc3Cl)s2)n1-c1ccccc1. The topological polar surface area (TPSA) is 94.8 Å². The van der Waals surface area contributed by atoms with Gasteiger partial charge in [-0.3, -0.25) is 14.7 Å². The predicted molar refractivity (Wildman–Crippen MR) is 132 cm³/mol. The second-order valence-corrected chi connectivity index (χ2v) is 10.1. The van der Waals surface area contributed by atoms with E-state index in [1.807, 2.05) is 59.2 Å². The minimum Gasteiger partial charge on any atom is -0.377 e. The Kier molecular flexibility index (Phi) is 8.35. The zero-order chi connectivity index (χ0) is 23.0. The van der Waals surface area contributed by atoms with Crippen molar-refractivity contribution >= 4 is 57.5 Å². The molecule has 2 aromatic heterocycles. The molecule has 2 heterocycles. The van der Waals surface area contributed by atoms with E-state index in [2.05, 4.69) is 25.7 Å². The Morgan fingerprint density at radius 2 is 1.85 bits per heavy atom. The number of carbonyl (C=O) groups excluding carboxylic acids is 1. The van der Waals surface area contributed by atoms with Gasteiger partial charge in [-0.1, -0.05) is 82.9 Å². The molecule has 0 aliphatic heterocycles. The van der Waals surface area contributed by atoms with Gasteiger partial charge in [0, 0.05) is 23.6 Å². The van der Waals surface area contributed by atoms with Crippen molar-refractivity contribution in [3.05, 3.63) is 71.0 Å². The summed E-state index contributed by atoms with van der Waals surface area (Å²) >= 11 is 10.3. The molecule has 12 heteroatoms. The Balaban J connectivity index is 1.34. The molecule has 0 aliphatic rings. The van der Waals surface area contributed by atoms with E-state index in [-0.39, 0.29) is 11.7 Å². The van der Waals surface area contributed by atoms with Crippen molar-refractivity contribution in [2.24, 2.45) is 0 Å². The van der Waals surface area contributed by atoms with Gasteiger partial charge < -0.3 is 4.74 Å². The third kappa shape index (κ3) is 6.33. The number of nitrogens with zero attached hydrogens (tertiary/aromatic N) is 5. The summed E-state index contributed by atoms with van der Waals surface area (Å²) in [6, 6.07) is 17.4. The van der Waals surface area contributed by atoms with Crippen molar-refractivity contribution in [3.63, 3.8) is 0 Å². The highest BCUT2D eigenvalue weighted by Crippen LogP contribution is 2.30. The fourth-order valence-corrected chi connectivity index (χ4v) is 5.64. The van der Waals surface area contributed by atoms with Crippen molar-refractivity contribution in [1.82, 2.24) is 25.0 Å². The average Bonchev–Trinajstić information content (AvgIpc) is 3.44. The average molecular weight is 519 g/mol. The number of anilines is 1. The van der Waals surface area contributed by atoms with Gasteiger partial charge in [0.25, 0.3) is 0 Å². The standard InChI is InChI=1S/C21H19ClN6O2S3/c1-30-11-17-24-26-20(28(17)15-8-3-2-4-9-15)31-13-18(29)23-19-25-27-21(33-19)32-12-14-7-5-6-10-16(14)22/h2-10H,11-13H2,1H3,(H,23,25,29). The van der Waals surface area contributed by atoms with E-state index < -0.39 is 0 Å². The normalized spacial score (nSPS) is 11.0. The molecule has 0 aliphatic carbocycles. The molecular formula is C21H19ClN6O2S3. The number of methoxy groups -OCH3 is 1. The first kappa shape index (κ1) is 23.7. The second kappa shape index (κ2) is 11.6. The maximum atomic E-state index is 12.5. The number of halogens is 1. The molecule has 0 unspecified atom stereocenters. The summed E-state index contributed by atoms with van der Waals surface area (Å²) in [7, 11) is 1.60. The van der Waals surface area contributed by atoms with E-state index in [1.54, 1.807) is 7.11 Å². The molecule has 0 saturated carbocycles. The zero-order valence-corrected chi connectivity index (χ0v) is 20.7. The maximum Gasteiger partial charge on any atom is 0.236 e. The Bertz CT molecular complexity index is 1220. The number of hydrogen-bond acceptors (Lipinski definition) is 9. The van der Waals surface area contributed by atoms with Gasteiger partial charge >= 0.3 is 0 Å². The number of thioether (sulfide) groups is 2. The lowest BCUT2D eigenvalue weighted by Gasteiger charge is -2.09. The molecule has 0 saturated heterocycles. The summed E-state index contributed by atoms with van der Waals surface area (Å²) in [5.74, 6) is 1.29. The first-order chi connectivity index (χ1) is 16.1. The maximum absolute atomic E-state index is 12.5. The molecule has 0 spiro atoms. The molecule has 0 atom stereocenters. The Labute approximate surface area is 208 Å². The van der Waals surface area contributed by atoms with Gasteiger partial charge in [-0.15, -0.1) is 20.4 Å². The largest absolute Gasteiger partial charge is 0.377 e. The van der Waals surface area contributed by atoms with E-state index in [9.17, 15) is 4.79 Å².